The molecule has 1 aromatic heterocycles. The van der Waals surface area contributed by atoms with Crippen molar-refractivity contribution in [2.75, 3.05) is 20.2 Å². The number of piperidine rings is 1. The van der Waals surface area contributed by atoms with Crippen LogP contribution in [0.1, 0.15) is 25.5 Å². The van der Waals surface area contributed by atoms with Crippen LogP contribution in [0, 0.1) is 0 Å². The number of carboxylic acids is 1. The molecule has 29 heavy (non-hydrogen) atoms. The molecule has 2 heterocycles. The Bertz CT molecular complexity index is 751. The smallest absolute Gasteiger partial charge is 0.475 e. The van der Waals surface area contributed by atoms with Crippen LogP contribution in [0.3, 0.4) is 0 Å². The minimum atomic E-state index is -5.08. The minimum Gasteiger partial charge on any atom is -0.475 e. The second-order valence-corrected chi connectivity index (χ2v) is 7.20. The molecule has 0 spiro atoms. The Hall–Kier alpha value is -2.41. The maximum atomic E-state index is 11.3. The number of nitrogens with one attached hydrogen (secondary N) is 1. The Balaban J connectivity index is 0.000000516. The van der Waals surface area contributed by atoms with E-state index in [1.165, 1.54) is 18.9 Å². The van der Waals surface area contributed by atoms with Gasteiger partial charge in [-0.1, -0.05) is 17.0 Å². The highest BCUT2D eigenvalue weighted by Gasteiger charge is 2.38. The molecular formula is C16H21F3N4O5S. The maximum Gasteiger partial charge on any atom is 0.490 e. The first-order valence-corrected chi connectivity index (χ1v) is 9.26. The number of hydrogen-bond acceptors (Lipinski definition) is 8. The number of carbonyl (C=O) groups is 3. The van der Waals surface area contributed by atoms with Crippen molar-refractivity contribution in [1.29, 1.82) is 0 Å². The first kappa shape index (κ1) is 24.6. The summed E-state index contributed by atoms with van der Waals surface area (Å²) >= 11 is 1.36. The fraction of sp³-hybridized carbons (Fsp3) is 0.562. The van der Waals surface area contributed by atoms with Gasteiger partial charge in [-0.3, -0.25) is 14.3 Å². The van der Waals surface area contributed by atoms with E-state index in [2.05, 4.69) is 20.4 Å². The summed E-state index contributed by atoms with van der Waals surface area (Å²) < 4.78 is 37.9. The molecule has 162 valence electrons. The van der Waals surface area contributed by atoms with Crippen LogP contribution in [-0.2, 0) is 25.7 Å². The number of aromatic nitrogens is 3. The zero-order valence-corrected chi connectivity index (χ0v) is 16.5. The van der Waals surface area contributed by atoms with Gasteiger partial charge in [0.25, 0.3) is 0 Å². The van der Waals surface area contributed by atoms with Gasteiger partial charge in [0.2, 0.25) is 0 Å². The first-order chi connectivity index (χ1) is 13.5. The van der Waals surface area contributed by atoms with E-state index >= 15 is 0 Å². The van der Waals surface area contributed by atoms with Gasteiger partial charge in [0.05, 0.1) is 26.3 Å². The number of rotatable bonds is 5. The van der Waals surface area contributed by atoms with E-state index in [1.54, 1.807) is 17.8 Å². The van der Waals surface area contributed by atoms with E-state index in [9.17, 15) is 22.8 Å². The molecule has 0 bridgehead atoms. The van der Waals surface area contributed by atoms with Gasteiger partial charge in [-0.2, -0.15) is 13.2 Å². The lowest BCUT2D eigenvalue weighted by molar-refractivity contribution is -0.192. The van der Waals surface area contributed by atoms with Crippen LogP contribution in [-0.4, -0.2) is 68.8 Å². The van der Waals surface area contributed by atoms with Crippen LogP contribution in [0.2, 0.25) is 0 Å². The molecule has 1 unspecified atom stereocenters. The predicted octanol–water partition coefficient (Wildman–Crippen LogP) is 1.50. The third kappa shape index (κ3) is 9.56. The summed E-state index contributed by atoms with van der Waals surface area (Å²) in [7, 11) is 1.36. The lowest BCUT2D eigenvalue weighted by Crippen LogP contribution is -2.32. The van der Waals surface area contributed by atoms with Gasteiger partial charge in [-0.25, -0.2) is 4.79 Å². The average molecular weight is 438 g/mol. The molecule has 1 aliphatic rings. The van der Waals surface area contributed by atoms with Crippen molar-refractivity contribution in [3.63, 3.8) is 0 Å². The fourth-order valence-corrected chi connectivity index (χ4v) is 3.17. The fourth-order valence-electron chi connectivity index (χ4n) is 2.23. The summed E-state index contributed by atoms with van der Waals surface area (Å²) in [6, 6.07) is 0. The third-order valence-corrected chi connectivity index (χ3v) is 4.69. The topological polar surface area (TPSA) is 123 Å². The molecule has 0 saturated carbocycles. The lowest BCUT2D eigenvalue weighted by Gasteiger charge is -2.24. The molecular weight excluding hydrogens is 417 g/mol. The first-order valence-electron chi connectivity index (χ1n) is 8.38. The molecule has 1 aliphatic heterocycles. The number of aliphatic carboxylic acids is 1. The number of hydrogen-bond donors (Lipinski definition) is 2. The van der Waals surface area contributed by atoms with Crippen molar-refractivity contribution in [1.82, 2.24) is 20.3 Å². The molecule has 9 nitrogen and oxygen atoms in total. The molecule has 2 N–H and O–H groups in total. The van der Waals surface area contributed by atoms with Gasteiger partial charge >= 0.3 is 18.1 Å². The van der Waals surface area contributed by atoms with Gasteiger partial charge in [0, 0.05) is 18.7 Å². The van der Waals surface area contributed by atoms with E-state index < -0.39 is 12.1 Å². The number of thioether (sulfide) groups is 1. The summed E-state index contributed by atoms with van der Waals surface area (Å²) in [4.78, 5) is 31.3. The number of ether oxygens (including phenoxy) is 1. The molecule has 1 atom stereocenters. The van der Waals surface area contributed by atoms with E-state index in [-0.39, 0.29) is 22.8 Å². The lowest BCUT2D eigenvalue weighted by atomic mass is 10.1. The van der Waals surface area contributed by atoms with Crippen LogP contribution in [0.4, 0.5) is 13.2 Å². The van der Waals surface area contributed by atoms with Crippen molar-refractivity contribution < 1.29 is 37.4 Å². The second kappa shape index (κ2) is 11.6. The molecule has 2 rings (SSSR count). The number of alkyl halides is 3. The Kier molecular flexibility index (Phi) is 9.81. The monoisotopic (exact) mass is 438 g/mol. The molecule has 0 amide bonds. The number of carboxylic acid groups (broad SMARTS) is 1. The Morgan fingerprint density at radius 2 is 2.10 bits per heavy atom. The normalized spacial score (nSPS) is 18.0. The molecule has 0 aliphatic carbocycles. The van der Waals surface area contributed by atoms with E-state index in [0.717, 1.165) is 30.8 Å². The standard InChI is InChI=1S/C14H20N4O3S.C2HF3O2/c1-10(19)22-13-3-5-15-8-11(13)7-12-9-18(17-16-12)6-4-14(20)21-2;3-2(4,5)1(6)7/h7,9,13,15H,3-6,8H2,1-2H3;(H,6,7)/b11-7+;. The zero-order chi connectivity index (χ0) is 22.0. The van der Waals surface area contributed by atoms with Gasteiger partial charge in [0.15, 0.2) is 5.12 Å². The predicted molar refractivity (Wildman–Crippen MR) is 97.9 cm³/mol. The maximum absolute atomic E-state index is 11.3. The average Bonchev–Trinajstić information content (AvgIpc) is 3.08. The Morgan fingerprint density at radius 1 is 1.45 bits per heavy atom. The van der Waals surface area contributed by atoms with Crippen molar-refractivity contribution in [3.8, 4) is 0 Å². The molecule has 1 fully saturated rings. The summed E-state index contributed by atoms with van der Waals surface area (Å²) in [6.45, 7) is 3.69. The van der Waals surface area contributed by atoms with Crippen LogP contribution in [0.25, 0.3) is 6.08 Å². The molecule has 0 aromatic carbocycles. The molecule has 1 aromatic rings. The highest BCUT2D eigenvalue weighted by Crippen LogP contribution is 2.26. The molecule has 13 heteroatoms. The summed E-state index contributed by atoms with van der Waals surface area (Å²) in [5, 5.41) is 18.8. The van der Waals surface area contributed by atoms with Crippen LogP contribution < -0.4 is 5.32 Å². The van der Waals surface area contributed by atoms with Gasteiger partial charge in [-0.05, 0) is 24.6 Å². The quantitative estimate of drug-likeness (QED) is 0.658. The Morgan fingerprint density at radius 3 is 2.66 bits per heavy atom. The van der Waals surface area contributed by atoms with Crippen molar-refractivity contribution in [2.45, 2.75) is 37.7 Å². The number of halogens is 3. The van der Waals surface area contributed by atoms with Crippen LogP contribution in [0.5, 0.6) is 0 Å². The summed E-state index contributed by atoms with van der Waals surface area (Å²) in [5.74, 6) is -3.03. The number of esters is 1. The van der Waals surface area contributed by atoms with Gasteiger partial charge in [0.1, 0.15) is 5.69 Å². The van der Waals surface area contributed by atoms with Gasteiger partial charge in [-0.15, -0.1) is 5.10 Å². The summed E-state index contributed by atoms with van der Waals surface area (Å²) in [5.41, 5.74) is 1.88. The number of aryl methyl sites for hydroxylation is 1. The molecule has 1 saturated heterocycles. The van der Waals surface area contributed by atoms with Crippen molar-refractivity contribution >= 4 is 34.9 Å². The highest BCUT2D eigenvalue weighted by molar-refractivity contribution is 8.14. The highest BCUT2D eigenvalue weighted by atomic mass is 32.2. The third-order valence-electron chi connectivity index (χ3n) is 3.54. The summed E-state index contributed by atoms with van der Waals surface area (Å²) in [6.07, 6.45) is -0.138. The minimum absolute atomic E-state index is 0.125. The SMILES string of the molecule is COC(=O)CCn1cc(/C=C2\CNCCC2SC(C)=O)nn1.O=C(O)C(F)(F)F. The largest absolute Gasteiger partial charge is 0.490 e. The van der Waals surface area contributed by atoms with E-state index in [1.807, 2.05) is 6.08 Å². The van der Waals surface area contributed by atoms with Gasteiger partial charge < -0.3 is 15.2 Å². The number of nitrogens with zero attached hydrogens (tertiary/aromatic N) is 3. The number of methoxy groups -OCH3 is 1. The van der Waals surface area contributed by atoms with Crippen LogP contribution >= 0.6 is 11.8 Å². The Labute approximate surface area is 168 Å². The van der Waals surface area contributed by atoms with E-state index in [0.29, 0.717) is 6.54 Å². The zero-order valence-electron chi connectivity index (χ0n) is 15.7. The number of carbonyl (C=O) groups excluding carboxylic acids is 2. The van der Waals surface area contributed by atoms with Crippen molar-refractivity contribution in [3.05, 3.63) is 17.5 Å². The van der Waals surface area contributed by atoms with Crippen LogP contribution in [0.15, 0.2) is 11.8 Å². The second-order valence-electron chi connectivity index (χ2n) is 5.82. The van der Waals surface area contributed by atoms with E-state index in [4.69, 9.17) is 9.90 Å². The van der Waals surface area contributed by atoms with Crippen molar-refractivity contribution in [2.24, 2.45) is 0 Å². The molecule has 0 radical (unpaired) electrons.